The zero-order valence-electron chi connectivity index (χ0n) is 15.0. The summed E-state index contributed by atoms with van der Waals surface area (Å²) in [6.45, 7) is 2.92. The topological polar surface area (TPSA) is 48.9 Å². The monoisotopic (exact) mass is 360 g/mol. The van der Waals surface area contributed by atoms with Crippen molar-refractivity contribution < 1.29 is 17.9 Å². The predicted molar refractivity (Wildman–Crippen MR) is 94.2 cm³/mol. The Hall–Kier alpha value is -1.96. The highest BCUT2D eigenvalue weighted by Crippen LogP contribution is 2.15. The van der Waals surface area contributed by atoms with Crippen molar-refractivity contribution >= 4 is 5.96 Å². The van der Waals surface area contributed by atoms with E-state index in [4.69, 9.17) is 4.74 Å². The standard InChI is InChI=1S/C17H27F3N4O/c1-4-21-16(23-11-12-24(2)13-17(18,19)20)22-10-9-14-5-7-15(25-3)8-6-14/h5-8H,4,9-13H2,1-3H3,(H2,21,22,23). The zero-order chi connectivity index (χ0) is 18.7. The molecule has 0 radical (unpaired) electrons. The van der Waals surface area contributed by atoms with Gasteiger partial charge in [-0.2, -0.15) is 13.2 Å². The van der Waals surface area contributed by atoms with Crippen LogP contribution in [0.3, 0.4) is 0 Å². The van der Waals surface area contributed by atoms with Gasteiger partial charge < -0.3 is 15.4 Å². The lowest BCUT2D eigenvalue weighted by Gasteiger charge is -2.18. The fourth-order valence-corrected chi connectivity index (χ4v) is 2.18. The van der Waals surface area contributed by atoms with E-state index in [1.54, 1.807) is 7.11 Å². The van der Waals surface area contributed by atoms with Gasteiger partial charge in [0, 0.05) is 19.6 Å². The number of rotatable bonds is 9. The largest absolute Gasteiger partial charge is 0.497 e. The molecule has 0 heterocycles. The molecule has 0 spiro atoms. The van der Waals surface area contributed by atoms with Crippen molar-refractivity contribution in [1.29, 1.82) is 0 Å². The van der Waals surface area contributed by atoms with Crippen LogP contribution in [0.5, 0.6) is 5.75 Å². The molecule has 0 bridgehead atoms. The molecule has 0 unspecified atom stereocenters. The van der Waals surface area contributed by atoms with Crippen LogP contribution >= 0.6 is 0 Å². The minimum Gasteiger partial charge on any atom is -0.497 e. The van der Waals surface area contributed by atoms with Gasteiger partial charge in [-0.3, -0.25) is 9.89 Å². The first kappa shape index (κ1) is 21.1. The van der Waals surface area contributed by atoms with Crippen molar-refractivity contribution in [3.63, 3.8) is 0 Å². The number of guanidine groups is 1. The number of alkyl halides is 3. The van der Waals surface area contributed by atoms with E-state index in [-0.39, 0.29) is 6.54 Å². The first-order valence-electron chi connectivity index (χ1n) is 8.24. The van der Waals surface area contributed by atoms with Crippen LogP contribution < -0.4 is 15.4 Å². The summed E-state index contributed by atoms with van der Waals surface area (Å²) in [6.07, 6.45) is -3.37. The van der Waals surface area contributed by atoms with Crippen LogP contribution in [0, 0.1) is 0 Å². The van der Waals surface area contributed by atoms with Gasteiger partial charge in [0.1, 0.15) is 5.75 Å². The molecule has 142 valence electrons. The molecule has 0 fully saturated rings. The van der Waals surface area contributed by atoms with E-state index in [0.717, 1.165) is 17.7 Å². The maximum atomic E-state index is 12.3. The molecule has 0 aliphatic rings. The van der Waals surface area contributed by atoms with Gasteiger partial charge in [-0.25, -0.2) is 0 Å². The molecule has 5 nitrogen and oxygen atoms in total. The third kappa shape index (κ3) is 9.81. The predicted octanol–water partition coefficient (Wildman–Crippen LogP) is 2.29. The smallest absolute Gasteiger partial charge is 0.401 e. The lowest BCUT2D eigenvalue weighted by atomic mass is 10.1. The van der Waals surface area contributed by atoms with E-state index in [1.807, 2.05) is 31.2 Å². The average molecular weight is 360 g/mol. The van der Waals surface area contributed by atoms with Gasteiger partial charge in [-0.1, -0.05) is 12.1 Å². The minimum absolute atomic E-state index is 0.245. The first-order valence-corrected chi connectivity index (χ1v) is 8.24. The molecule has 2 N–H and O–H groups in total. The lowest BCUT2D eigenvalue weighted by Crippen LogP contribution is -2.39. The molecule has 1 aromatic rings. The van der Waals surface area contributed by atoms with E-state index in [0.29, 0.717) is 25.6 Å². The second-order valence-corrected chi connectivity index (χ2v) is 5.64. The summed E-state index contributed by atoms with van der Waals surface area (Å²) >= 11 is 0. The number of hydrogen-bond donors (Lipinski definition) is 2. The number of benzene rings is 1. The number of hydrogen-bond acceptors (Lipinski definition) is 3. The number of aliphatic imine (C=N–C) groups is 1. The van der Waals surface area contributed by atoms with E-state index < -0.39 is 12.7 Å². The summed E-state index contributed by atoms with van der Waals surface area (Å²) < 4.78 is 42.0. The SMILES string of the molecule is CCNC(=NCCN(C)CC(F)(F)F)NCCc1ccc(OC)cc1. The number of nitrogens with zero attached hydrogens (tertiary/aromatic N) is 2. The third-order valence-corrected chi connectivity index (χ3v) is 3.41. The Morgan fingerprint density at radius 3 is 2.44 bits per heavy atom. The zero-order valence-corrected chi connectivity index (χ0v) is 15.0. The van der Waals surface area contributed by atoms with Crippen molar-refractivity contribution in [2.24, 2.45) is 4.99 Å². The second kappa shape index (κ2) is 10.8. The highest BCUT2D eigenvalue weighted by molar-refractivity contribution is 5.79. The Kier molecular flexibility index (Phi) is 9.12. The van der Waals surface area contributed by atoms with Crippen molar-refractivity contribution in [2.75, 3.05) is 46.9 Å². The van der Waals surface area contributed by atoms with E-state index >= 15 is 0 Å². The maximum Gasteiger partial charge on any atom is 0.401 e. The van der Waals surface area contributed by atoms with Gasteiger partial charge in [0.05, 0.1) is 20.2 Å². The molecule has 0 amide bonds. The Morgan fingerprint density at radius 1 is 1.20 bits per heavy atom. The summed E-state index contributed by atoms with van der Waals surface area (Å²) in [7, 11) is 3.06. The quantitative estimate of drug-likeness (QED) is 0.524. The Morgan fingerprint density at radius 2 is 1.88 bits per heavy atom. The van der Waals surface area contributed by atoms with Crippen LogP contribution in [0.15, 0.2) is 29.3 Å². The fourth-order valence-electron chi connectivity index (χ4n) is 2.18. The molecule has 1 rings (SSSR count). The van der Waals surface area contributed by atoms with Gasteiger partial charge in [0.2, 0.25) is 0 Å². The molecule has 8 heteroatoms. The highest BCUT2D eigenvalue weighted by Gasteiger charge is 2.28. The van der Waals surface area contributed by atoms with Crippen molar-refractivity contribution in [2.45, 2.75) is 19.5 Å². The minimum atomic E-state index is -4.18. The normalized spacial score (nSPS) is 12.4. The summed E-state index contributed by atoms with van der Waals surface area (Å²) in [5.74, 6) is 1.42. The van der Waals surface area contributed by atoms with Crippen LogP contribution in [-0.2, 0) is 6.42 Å². The van der Waals surface area contributed by atoms with E-state index in [1.165, 1.54) is 11.9 Å². The number of methoxy groups -OCH3 is 1. The number of ether oxygens (including phenoxy) is 1. The average Bonchev–Trinajstić information content (AvgIpc) is 2.54. The van der Waals surface area contributed by atoms with E-state index in [9.17, 15) is 13.2 Å². The molecule has 0 aliphatic carbocycles. The summed E-state index contributed by atoms with van der Waals surface area (Å²) in [5.41, 5.74) is 1.16. The lowest BCUT2D eigenvalue weighted by molar-refractivity contribution is -0.142. The van der Waals surface area contributed by atoms with Gasteiger partial charge in [0.25, 0.3) is 0 Å². The van der Waals surface area contributed by atoms with Gasteiger partial charge in [0.15, 0.2) is 5.96 Å². The van der Waals surface area contributed by atoms with Crippen LogP contribution in [0.25, 0.3) is 0 Å². The Bertz CT molecular complexity index is 518. The van der Waals surface area contributed by atoms with Crippen molar-refractivity contribution in [3.05, 3.63) is 29.8 Å². The number of likely N-dealkylation sites (N-methyl/N-ethyl adjacent to an activating group) is 1. The molecule has 25 heavy (non-hydrogen) atoms. The number of nitrogens with one attached hydrogen (secondary N) is 2. The van der Waals surface area contributed by atoms with Gasteiger partial charge in [-0.05, 0) is 38.1 Å². The molecular weight excluding hydrogens is 333 g/mol. The second-order valence-electron chi connectivity index (χ2n) is 5.64. The van der Waals surface area contributed by atoms with Crippen LogP contribution in [0.4, 0.5) is 13.2 Å². The fraction of sp³-hybridized carbons (Fsp3) is 0.588. The summed E-state index contributed by atoms with van der Waals surface area (Å²) in [6, 6.07) is 7.81. The van der Waals surface area contributed by atoms with Crippen molar-refractivity contribution in [1.82, 2.24) is 15.5 Å². The molecule has 0 saturated carbocycles. The highest BCUT2D eigenvalue weighted by atomic mass is 19.4. The third-order valence-electron chi connectivity index (χ3n) is 3.41. The summed E-state index contributed by atoms with van der Waals surface area (Å²) in [4.78, 5) is 5.52. The summed E-state index contributed by atoms with van der Waals surface area (Å²) in [5, 5.41) is 6.27. The van der Waals surface area contributed by atoms with Crippen LogP contribution in [0.2, 0.25) is 0 Å². The van der Waals surface area contributed by atoms with Crippen molar-refractivity contribution in [3.8, 4) is 5.75 Å². The van der Waals surface area contributed by atoms with E-state index in [2.05, 4.69) is 15.6 Å². The first-order chi connectivity index (χ1) is 11.8. The Balaban J connectivity index is 2.39. The Labute approximate surface area is 147 Å². The molecule has 0 atom stereocenters. The van der Waals surface area contributed by atoms with Crippen LogP contribution in [-0.4, -0.2) is 63.9 Å². The maximum absolute atomic E-state index is 12.3. The number of halogens is 3. The molecule has 0 saturated heterocycles. The van der Waals surface area contributed by atoms with Gasteiger partial charge in [-0.15, -0.1) is 0 Å². The molecular formula is C17H27F3N4O. The van der Waals surface area contributed by atoms with Crippen LogP contribution in [0.1, 0.15) is 12.5 Å². The molecule has 0 aliphatic heterocycles. The van der Waals surface area contributed by atoms with Gasteiger partial charge >= 0.3 is 6.18 Å². The molecule has 0 aromatic heterocycles. The molecule has 1 aromatic carbocycles.